The Morgan fingerprint density at radius 1 is 1.00 bits per heavy atom. The third kappa shape index (κ3) is 6.94. The molecule has 1 saturated heterocycles. The van der Waals surface area contributed by atoms with Gasteiger partial charge < -0.3 is 29.7 Å². The molecular weight excluding hydrogens is 459 g/mol. The Morgan fingerprint density at radius 2 is 1.68 bits per heavy atom. The van der Waals surface area contributed by atoms with Crippen LogP contribution in [0.3, 0.4) is 0 Å². The summed E-state index contributed by atoms with van der Waals surface area (Å²) in [5, 5.41) is 6.77. The minimum atomic E-state index is -0.333. The van der Waals surface area contributed by atoms with E-state index in [0.717, 1.165) is 25.1 Å². The number of halogens is 1. The third-order valence-corrected chi connectivity index (χ3v) is 5.94. The second-order valence-electron chi connectivity index (χ2n) is 7.86. The summed E-state index contributed by atoms with van der Waals surface area (Å²) in [6, 6.07) is 9.53. The fourth-order valence-corrected chi connectivity index (χ4v) is 4.05. The van der Waals surface area contributed by atoms with Crippen LogP contribution in [-0.2, 0) is 11.3 Å². The molecule has 2 aromatic rings. The molecule has 0 aromatic heterocycles. The maximum absolute atomic E-state index is 13.0. The van der Waals surface area contributed by atoms with E-state index in [1.54, 1.807) is 33.5 Å². The van der Waals surface area contributed by atoms with Crippen molar-refractivity contribution < 1.29 is 23.4 Å². The summed E-state index contributed by atoms with van der Waals surface area (Å²) < 4.78 is 29.2. The smallest absolute Gasteiger partial charge is 0.238 e. The van der Waals surface area contributed by atoms with Crippen LogP contribution in [0.25, 0.3) is 0 Å². The van der Waals surface area contributed by atoms with Gasteiger partial charge in [0.15, 0.2) is 16.6 Å². The van der Waals surface area contributed by atoms with E-state index in [1.807, 2.05) is 12.1 Å². The molecule has 0 saturated carbocycles. The molecule has 2 N–H and O–H groups in total. The molecule has 1 aliphatic rings. The molecule has 3 rings (SSSR count). The van der Waals surface area contributed by atoms with Gasteiger partial charge in [0.2, 0.25) is 11.7 Å². The molecule has 184 valence electrons. The van der Waals surface area contributed by atoms with E-state index in [1.165, 1.54) is 12.1 Å². The number of benzene rings is 2. The van der Waals surface area contributed by atoms with E-state index in [9.17, 15) is 9.18 Å². The van der Waals surface area contributed by atoms with Gasteiger partial charge in [0, 0.05) is 38.4 Å². The largest absolute Gasteiger partial charge is 0.493 e. The van der Waals surface area contributed by atoms with E-state index >= 15 is 0 Å². The van der Waals surface area contributed by atoms with Crippen molar-refractivity contribution in [2.75, 3.05) is 59.4 Å². The summed E-state index contributed by atoms with van der Waals surface area (Å²) >= 11 is 5.63. The number of hydrogen-bond acceptors (Lipinski definition) is 6. The maximum atomic E-state index is 13.0. The number of hydrogen-bond donors (Lipinski definition) is 2. The molecule has 0 atom stereocenters. The molecule has 0 unspecified atom stereocenters. The van der Waals surface area contributed by atoms with Crippen molar-refractivity contribution in [3.8, 4) is 17.2 Å². The Kier molecular flexibility index (Phi) is 9.29. The molecule has 34 heavy (non-hydrogen) atoms. The molecule has 10 heteroatoms. The first kappa shape index (κ1) is 25.5. The number of methoxy groups -OCH3 is 3. The molecule has 8 nitrogen and oxygen atoms in total. The second-order valence-corrected chi connectivity index (χ2v) is 8.25. The summed E-state index contributed by atoms with van der Waals surface area (Å²) in [6.45, 7) is 3.81. The Morgan fingerprint density at radius 3 is 2.29 bits per heavy atom. The standard InChI is InChI=1S/C24H31FN4O4S/c1-31-20-13-17(14-21(32-2)23(20)33-3)15-26-24(34)29-10-4-9-28(11-12-29)16-22(30)27-19-7-5-18(25)6-8-19/h5-8,13-14H,4,9-12,15-16H2,1-3H3,(H,26,34)(H,27,30). The van der Waals surface area contributed by atoms with E-state index in [4.69, 9.17) is 26.4 Å². The lowest BCUT2D eigenvalue weighted by atomic mass is 10.2. The molecule has 0 spiro atoms. The van der Waals surface area contributed by atoms with Crippen LogP contribution < -0.4 is 24.8 Å². The minimum absolute atomic E-state index is 0.122. The van der Waals surface area contributed by atoms with Gasteiger partial charge in [0.1, 0.15) is 5.82 Å². The number of anilines is 1. The third-order valence-electron chi connectivity index (χ3n) is 5.54. The van der Waals surface area contributed by atoms with Crippen molar-refractivity contribution in [2.45, 2.75) is 13.0 Å². The molecule has 1 aliphatic heterocycles. The maximum Gasteiger partial charge on any atom is 0.238 e. The molecule has 0 aliphatic carbocycles. The average molecular weight is 491 g/mol. The first-order valence-corrected chi connectivity index (χ1v) is 11.4. The average Bonchev–Trinajstić information content (AvgIpc) is 3.08. The van der Waals surface area contributed by atoms with Gasteiger partial charge in [-0.25, -0.2) is 4.39 Å². The molecule has 1 heterocycles. The normalized spacial score (nSPS) is 14.2. The molecule has 0 radical (unpaired) electrons. The Hall–Kier alpha value is -3.11. The number of carbonyl (C=O) groups excluding carboxylic acids is 1. The van der Waals surface area contributed by atoms with Crippen molar-refractivity contribution >= 4 is 28.9 Å². The van der Waals surface area contributed by atoms with E-state index in [2.05, 4.69) is 20.4 Å². The number of nitrogens with zero attached hydrogens (tertiary/aromatic N) is 2. The fraction of sp³-hybridized carbons (Fsp3) is 0.417. The fourth-order valence-electron chi connectivity index (χ4n) is 3.80. The highest BCUT2D eigenvalue weighted by molar-refractivity contribution is 7.80. The molecule has 1 fully saturated rings. The van der Waals surface area contributed by atoms with Crippen LogP contribution in [0.5, 0.6) is 17.2 Å². The van der Waals surface area contributed by atoms with Crippen LogP contribution in [0.1, 0.15) is 12.0 Å². The minimum Gasteiger partial charge on any atom is -0.493 e. The summed E-state index contributed by atoms with van der Waals surface area (Å²) in [6.07, 6.45) is 0.885. The number of carbonyl (C=O) groups is 1. The zero-order chi connectivity index (χ0) is 24.5. The van der Waals surface area contributed by atoms with Crippen LogP contribution in [0, 0.1) is 5.82 Å². The van der Waals surface area contributed by atoms with E-state index < -0.39 is 0 Å². The molecule has 1 amide bonds. The number of rotatable bonds is 8. The van der Waals surface area contributed by atoms with Crippen molar-refractivity contribution in [1.82, 2.24) is 15.1 Å². The van der Waals surface area contributed by atoms with Gasteiger partial charge in [-0.05, 0) is 60.6 Å². The highest BCUT2D eigenvalue weighted by Gasteiger charge is 2.19. The zero-order valence-corrected chi connectivity index (χ0v) is 20.5. The number of amides is 1. The van der Waals surface area contributed by atoms with Crippen LogP contribution in [0.4, 0.5) is 10.1 Å². The highest BCUT2D eigenvalue weighted by atomic mass is 32.1. The van der Waals surface area contributed by atoms with Gasteiger partial charge in [-0.1, -0.05) is 0 Å². The van der Waals surface area contributed by atoms with Gasteiger partial charge in [0.05, 0.1) is 27.9 Å². The Labute approximate surface area is 205 Å². The predicted molar refractivity (Wildman–Crippen MR) is 133 cm³/mol. The SMILES string of the molecule is COc1cc(CNC(=S)N2CCCN(CC(=O)Nc3ccc(F)cc3)CC2)cc(OC)c1OC. The monoisotopic (exact) mass is 490 g/mol. The lowest BCUT2D eigenvalue weighted by Gasteiger charge is -2.25. The lowest BCUT2D eigenvalue weighted by Crippen LogP contribution is -2.42. The lowest BCUT2D eigenvalue weighted by molar-refractivity contribution is -0.117. The summed E-state index contributed by atoms with van der Waals surface area (Å²) in [7, 11) is 4.74. The summed E-state index contributed by atoms with van der Waals surface area (Å²) in [5.41, 5.74) is 1.53. The second kappa shape index (κ2) is 12.4. The Bertz CT molecular complexity index is 964. The predicted octanol–water partition coefficient (Wildman–Crippen LogP) is 2.87. The number of nitrogens with one attached hydrogen (secondary N) is 2. The van der Waals surface area contributed by atoms with Crippen molar-refractivity contribution in [3.63, 3.8) is 0 Å². The van der Waals surface area contributed by atoms with Crippen LogP contribution in [0.15, 0.2) is 36.4 Å². The topological polar surface area (TPSA) is 75.3 Å². The number of thiocarbonyl (C=S) groups is 1. The van der Waals surface area contributed by atoms with E-state index in [-0.39, 0.29) is 18.3 Å². The summed E-state index contributed by atoms with van der Waals surface area (Å²) in [5.74, 6) is 1.28. The van der Waals surface area contributed by atoms with Gasteiger partial charge in [-0.15, -0.1) is 0 Å². The molecular formula is C24H31FN4O4S. The van der Waals surface area contributed by atoms with E-state index in [0.29, 0.717) is 47.7 Å². The van der Waals surface area contributed by atoms with Crippen LogP contribution in [-0.4, -0.2) is 74.9 Å². The van der Waals surface area contributed by atoms with Gasteiger partial charge in [0.25, 0.3) is 0 Å². The summed E-state index contributed by atoms with van der Waals surface area (Å²) in [4.78, 5) is 16.6. The van der Waals surface area contributed by atoms with Crippen LogP contribution >= 0.6 is 12.2 Å². The van der Waals surface area contributed by atoms with Crippen LogP contribution in [0.2, 0.25) is 0 Å². The molecule has 0 bridgehead atoms. The quantitative estimate of drug-likeness (QED) is 0.548. The number of ether oxygens (including phenoxy) is 3. The van der Waals surface area contributed by atoms with Crippen molar-refractivity contribution in [1.29, 1.82) is 0 Å². The van der Waals surface area contributed by atoms with Gasteiger partial charge >= 0.3 is 0 Å². The zero-order valence-electron chi connectivity index (χ0n) is 19.7. The Balaban J connectivity index is 1.49. The van der Waals surface area contributed by atoms with Gasteiger partial charge in [-0.2, -0.15) is 0 Å². The highest BCUT2D eigenvalue weighted by Crippen LogP contribution is 2.38. The first-order valence-electron chi connectivity index (χ1n) is 11.0. The van der Waals surface area contributed by atoms with Crippen molar-refractivity contribution in [3.05, 3.63) is 47.8 Å². The van der Waals surface area contributed by atoms with Crippen molar-refractivity contribution in [2.24, 2.45) is 0 Å². The molecule has 2 aromatic carbocycles. The van der Waals surface area contributed by atoms with Gasteiger partial charge in [-0.3, -0.25) is 9.69 Å². The first-order chi connectivity index (χ1) is 16.4.